The highest BCUT2D eigenvalue weighted by molar-refractivity contribution is 7.99. The number of hydrogen-bond acceptors (Lipinski definition) is 5. The molecule has 0 amide bonds. The Kier molecular flexibility index (Phi) is 5.36. The van der Waals surface area contributed by atoms with Crippen molar-refractivity contribution in [2.45, 2.75) is 4.58 Å². The molecule has 54 valence electrons. The number of hydrogen-bond donors (Lipinski definition) is 2. The molecule has 0 aliphatic heterocycles. The van der Waals surface area contributed by atoms with Crippen LogP contribution in [0.25, 0.3) is 0 Å². The fraction of sp³-hybridized carbons (Fsp3) is 0.333. The van der Waals surface area contributed by atoms with Crippen LogP contribution in [0.3, 0.4) is 0 Å². The maximum absolute atomic E-state index is 9.66. The maximum Gasteiger partial charge on any atom is 0.138 e. The second kappa shape index (κ2) is 5.16. The van der Waals surface area contributed by atoms with E-state index in [4.69, 9.17) is 0 Å². The quantitative estimate of drug-likeness (QED) is 0.291. The van der Waals surface area contributed by atoms with E-state index in [-0.39, 0.29) is 4.58 Å². The van der Waals surface area contributed by atoms with Crippen molar-refractivity contribution in [3.05, 3.63) is 12.3 Å². The molecule has 0 aliphatic carbocycles. The lowest BCUT2D eigenvalue weighted by atomic mass is 10.7. The van der Waals surface area contributed by atoms with E-state index in [2.05, 4.69) is 29.4 Å². The summed E-state index contributed by atoms with van der Waals surface area (Å²) in [5.74, 6) is 0. The molecule has 1 atom stereocenters. The average molecular weight is 185 g/mol. The van der Waals surface area contributed by atoms with Gasteiger partial charge in [0.1, 0.15) is 17.6 Å². The van der Waals surface area contributed by atoms with Crippen LogP contribution < -0.4 is 0 Å². The third kappa shape index (κ3) is 8.35. The fourth-order valence-corrected chi connectivity index (χ4v) is 0.443. The zero-order valence-corrected chi connectivity index (χ0v) is 6.86. The van der Waals surface area contributed by atoms with Crippen molar-refractivity contribution in [1.82, 2.24) is 0 Å². The van der Waals surface area contributed by atoms with Crippen LogP contribution in [-0.2, 0) is 15.5 Å². The normalized spacial score (nSPS) is 14.7. The van der Waals surface area contributed by atoms with E-state index >= 15 is 0 Å². The highest BCUT2D eigenvalue weighted by atomic mass is 32.2. The summed E-state index contributed by atoms with van der Waals surface area (Å²) in [6.07, 6.45) is 2.38. The monoisotopic (exact) mass is 185 g/mol. The highest BCUT2D eigenvalue weighted by Crippen LogP contribution is 2.00. The molecule has 0 rings (SSSR count). The highest BCUT2D eigenvalue weighted by Gasteiger charge is 1.83. The first-order valence-corrected chi connectivity index (χ1v) is 3.95. The lowest BCUT2D eigenvalue weighted by Crippen LogP contribution is -1.87. The van der Waals surface area contributed by atoms with Crippen LogP contribution in [-0.4, -0.2) is 13.3 Å². The third-order valence-corrected chi connectivity index (χ3v) is 0.997. The Bertz CT molecular complexity index is 121. The summed E-state index contributed by atoms with van der Waals surface area (Å²) >= 11 is 5.11. The van der Waals surface area contributed by atoms with Crippen molar-refractivity contribution in [3.8, 4) is 0 Å². The van der Waals surface area contributed by atoms with Crippen molar-refractivity contribution in [2.24, 2.45) is 0 Å². The van der Waals surface area contributed by atoms with Crippen molar-refractivity contribution < 1.29 is 12.9 Å². The summed E-state index contributed by atoms with van der Waals surface area (Å²) in [6, 6.07) is 0. The van der Waals surface area contributed by atoms with E-state index in [1.165, 1.54) is 6.08 Å². The molecule has 0 bridgehead atoms. The molecule has 0 aliphatic rings. The predicted molar refractivity (Wildman–Crippen MR) is 40.9 cm³/mol. The summed E-state index contributed by atoms with van der Waals surface area (Å²) in [5, 5.41) is 0. The van der Waals surface area contributed by atoms with Crippen LogP contribution in [0.4, 0.5) is 0 Å². The van der Waals surface area contributed by atoms with E-state index in [9.17, 15) is 8.76 Å². The van der Waals surface area contributed by atoms with Gasteiger partial charge in [-0.15, -0.1) is 0 Å². The summed E-state index contributed by atoms with van der Waals surface area (Å²) in [5.41, 5.74) is 0. The van der Waals surface area contributed by atoms with Crippen LogP contribution >= 0.6 is 25.3 Å². The van der Waals surface area contributed by atoms with Gasteiger partial charge in [-0.1, -0.05) is 0 Å². The lowest BCUT2D eigenvalue weighted by molar-refractivity contribution is 0.405. The SMILES string of the molecule is O=S([O-])OC=CC(S)S. The first-order chi connectivity index (χ1) is 4.13. The smallest absolute Gasteiger partial charge is 0.138 e. The molecular formula is C3H5O3S3-. The Morgan fingerprint density at radius 1 is 1.67 bits per heavy atom. The number of thiol groups is 2. The molecule has 0 fully saturated rings. The molecule has 0 aromatic carbocycles. The topological polar surface area (TPSA) is 49.4 Å². The van der Waals surface area contributed by atoms with Crippen molar-refractivity contribution in [1.29, 1.82) is 0 Å². The van der Waals surface area contributed by atoms with Gasteiger partial charge < -0.3 is 8.74 Å². The molecule has 6 heteroatoms. The van der Waals surface area contributed by atoms with E-state index in [1.54, 1.807) is 0 Å². The molecule has 3 nitrogen and oxygen atoms in total. The second-order valence-corrected chi connectivity index (χ2v) is 3.16. The van der Waals surface area contributed by atoms with Crippen LogP contribution in [0.15, 0.2) is 12.3 Å². The zero-order valence-electron chi connectivity index (χ0n) is 4.26. The Labute approximate surface area is 66.8 Å². The van der Waals surface area contributed by atoms with Gasteiger partial charge in [-0.2, -0.15) is 25.3 Å². The van der Waals surface area contributed by atoms with Gasteiger partial charge in [-0.05, 0) is 6.08 Å². The molecule has 1 unspecified atom stereocenters. The Morgan fingerprint density at radius 2 is 2.22 bits per heavy atom. The summed E-state index contributed by atoms with van der Waals surface area (Å²) in [4.78, 5) is 0. The van der Waals surface area contributed by atoms with Crippen LogP contribution in [0.5, 0.6) is 0 Å². The summed E-state index contributed by atoms with van der Waals surface area (Å²) in [6.45, 7) is 0. The maximum atomic E-state index is 9.66. The molecule has 0 aromatic rings. The van der Waals surface area contributed by atoms with Gasteiger partial charge in [0.05, 0.1) is 4.58 Å². The van der Waals surface area contributed by atoms with Gasteiger partial charge in [0.15, 0.2) is 0 Å². The predicted octanol–water partition coefficient (Wildman–Crippen LogP) is 0.496. The molecule has 0 radical (unpaired) electrons. The van der Waals surface area contributed by atoms with E-state index in [0.717, 1.165) is 6.26 Å². The molecule has 0 heterocycles. The summed E-state index contributed by atoms with van der Waals surface area (Å²) < 4.78 is 23.0. The average Bonchev–Trinajstić information content (AvgIpc) is 1.63. The standard InChI is InChI=1S/C3H6O3S3/c4-9(5)6-2-1-3(7)8/h1-3,7-8H,(H,4,5)/p-1. The fourth-order valence-electron chi connectivity index (χ4n) is 0.148. The largest absolute Gasteiger partial charge is 0.740 e. The van der Waals surface area contributed by atoms with Gasteiger partial charge in [-0.25, -0.2) is 4.21 Å². The van der Waals surface area contributed by atoms with Gasteiger partial charge in [-0.3, -0.25) is 0 Å². The lowest BCUT2D eigenvalue weighted by Gasteiger charge is -2.00. The minimum absolute atomic E-state index is 0.298. The van der Waals surface area contributed by atoms with Crippen LogP contribution in [0, 0.1) is 0 Å². The summed E-state index contributed by atoms with van der Waals surface area (Å²) in [7, 11) is 0. The molecule has 0 aromatic heterocycles. The number of rotatable bonds is 3. The Balaban J connectivity index is 3.36. The van der Waals surface area contributed by atoms with E-state index in [1.807, 2.05) is 0 Å². The van der Waals surface area contributed by atoms with E-state index < -0.39 is 11.4 Å². The zero-order chi connectivity index (χ0) is 7.28. The molecule has 9 heavy (non-hydrogen) atoms. The second-order valence-electron chi connectivity index (χ2n) is 1.04. The molecule has 0 saturated carbocycles. The van der Waals surface area contributed by atoms with E-state index in [0.29, 0.717) is 0 Å². The first kappa shape index (κ1) is 9.35. The minimum Gasteiger partial charge on any atom is -0.740 e. The van der Waals surface area contributed by atoms with Crippen LogP contribution in [0.1, 0.15) is 0 Å². The Hall–Kier alpha value is 0.350. The molecule has 0 N–H and O–H groups in total. The molecular weight excluding hydrogens is 180 g/mol. The molecule has 0 saturated heterocycles. The Morgan fingerprint density at radius 3 is 2.56 bits per heavy atom. The minimum atomic E-state index is -2.49. The van der Waals surface area contributed by atoms with Gasteiger partial charge in [0, 0.05) is 0 Å². The van der Waals surface area contributed by atoms with Crippen molar-refractivity contribution in [2.75, 3.05) is 0 Å². The first-order valence-electron chi connectivity index (χ1n) is 1.92. The van der Waals surface area contributed by atoms with Gasteiger partial charge in [0.2, 0.25) is 0 Å². The van der Waals surface area contributed by atoms with Gasteiger partial charge in [0.25, 0.3) is 0 Å². The third-order valence-electron chi connectivity index (χ3n) is 0.385. The molecule has 0 spiro atoms. The van der Waals surface area contributed by atoms with Crippen molar-refractivity contribution >= 4 is 36.6 Å². The van der Waals surface area contributed by atoms with Crippen LogP contribution in [0.2, 0.25) is 0 Å². The van der Waals surface area contributed by atoms with Crippen molar-refractivity contribution in [3.63, 3.8) is 0 Å². The van der Waals surface area contributed by atoms with Gasteiger partial charge >= 0.3 is 0 Å².